The van der Waals surface area contributed by atoms with Gasteiger partial charge in [0.05, 0.1) is 33.1 Å². The number of nitrogens with zero attached hydrogens (tertiary/aromatic N) is 3. The first-order valence-electron chi connectivity index (χ1n) is 17.9. The van der Waals surface area contributed by atoms with Gasteiger partial charge in [-0.2, -0.15) is 0 Å². The zero-order valence-corrected chi connectivity index (χ0v) is 27.8. The second kappa shape index (κ2) is 9.99. The molecule has 0 radical (unpaired) electrons. The summed E-state index contributed by atoms with van der Waals surface area (Å²) in [7, 11) is 0. The van der Waals surface area contributed by atoms with Gasteiger partial charge in [-0.1, -0.05) is 115 Å². The Hall–Kier alpha value is -6.58. The number of benzene rings is 7. The van der Waals surface area contributed by atoms with Crippen molar-refractivity contribution in [3.05, 3.63) is 170 Å². The summed E-state index contributed by atoms with van der Waals surface area (Å²) in [5.74, 6) is 0. The van der Waals surface area contributed by atoms with Crippen LogP contribution in [0.4, 0.5) is 11.4 Å². The Morgan fingerprint density at radius 2 is 1.12 bits per heavy atom. The molecule has 238 valence electrons. The minimum Gasteiger partial charge on any atom is -0.314 e. The molecule has 4 heterocycles. The second-order valence-corrected chi connectivity index (χ2v) is 14.0. The molecule has 0 fully saturated rings. The standard InChI is InChI=1S/C48H31N3/c1-4-14-30(15-5-1)34-26-27-38-45-43(51-40-22-12-10-20-36(40)44(34)47(38)51)29-39-35-25-24-33(49(31-16-6-2-7-17-31)32-18-8-3-9-19-32)28-42(35)50-41-23-13-11-21-37(41)46(45)48(39)50/h1-8,10-18,20-29H,9,19H2. The highest BCUT2D eigenvalue weighted by molar-refractivity contribution is 6.38. The minimum absolute atomic E-state index is 1.01. The van der Waals surface area contributed by atoms with E-state index in [1.807, 2.05) is 0 Å². The SMILES string of the molecule is C1=CCCC(N(c2ccccc2)c2ccc3c4cc5c(c6ccc(-c7ccccc7)c7c8ccccc8n5c67)c5c6ccccc6n(c3c2)c45)=C1. The molecule has 3 nitrogen and oxygen atoms in total. The van der Waals surface area contributed by atoms with Crippen molar-refractivity contribution >= 4 is 87.6 Å². The normalized spacial score (nSPS) is 13.8. The van der Waals surface area contributed by atoms with Crippen molar-refractivity contribution in [2.24, 2.45) is 0 Å². The third-order valence-electron chi connectivity index (χ3n) is 11.4. The van der Waals surface area contributed by atoms with Crippen molar-refractivity contribution in [1.29, 1.82) is 0 Å². The monoisotopic (exact) mass is 649 g/mol. The van der Waals surface area contributed by atoms with E-state index in [1.54, 1.807) is 0 Å². The first-order valence-corrected chi connectivity index (χ1v) is 17.9. The summed E-state index contributed by atoms with van der Waals surface area (Å²) in [5, 5.41) is 10.5. The summed E-state index contributed by atoms with van der Waals surface area (Å²) in [6.45, 7) is 0. The lowest BCUT2D eigenvalue weighted by molar-refractivity contribution is 0.918. The molecule has 1 aliphatic rings. The Morgan fingerprint density at radius 3 is 1.88 bits per heavy atom. The van der Waals surface area contributed by atoms with Crippen LogP contribution in [0, 0.1) is 0 Å². The van der Waals surface area contributed by atoms with Gasteiger partial charge in [0.15, 0.2) is 0 Å². The average Bonchev–Trinajstić information content (AvgIpc) is 3.92. The number of allylic oxidation sites excluding steroid dienone is 4. The van der Waals surface area contributed by atoms with Crippen LogP contribution in [0.3, 0.4) is 0 Å². The van der Waals surface area contributed by atoms with E-state index < -0.39 is 0 Å². The first kappa shape index (κ1) is 27.3. The molecule has 0 spiro atoms. The summed E-state index contributed by atoms with van der Waals surface area (Å²) >= 11 is 0. The average molecular weight is 650 g/mol. The fraction of sp³-hybridized carbons (Fsp3) is 0.0417. The number of hydrogen-bond acceptors (Lipinski definition) is 1. The fourth-order valence-corrected chi connectivity index (χ4v) is 9.37. The zero-order valence-electron chi connectivity index (χ0n) is 27.8. The number of rotatable bonds is 4. The Labute approximate surface area is 293 Å². The number of para-hydroxylation sites is 3. The highest BCUT2D eigenvalue weighted by atomic mass is 15.1. The van der Waals surface area contributed by atoms with Crippen molar-refractivity contribution in [2.75, 3.05) is 4.90 Å². The third kappa shape index (κ3) is 3.52. The van der Waals surface area contributed by atoms with E-state index >= 15 is 0 Å². The van der Waals surface area contributed by atoms with Gasteiger partial charge in [0.1, 0.15) is 0 Å². The molecule has 0 N–H and O–H groups in total. The molecule has 0 saturated heterocycles. The summed E-state index contributed by atoms with van der Waals surface area (Å²) in [4.78, 5) is 2.44. The summed E-state index contributed by atoms with van der Waals surface area (Å²) < 4.78 is 5.09. The van der Waals surface area contributed by atoms with Gasteiger partial charge in [0, 0.05) is 60.2 Å². The van der Waals surface area contributed by atoms with E-state index in [0.29, 0.717) is 0 Å². The maximum absolute atomic E-state index is 2.55. The molecule has 11 aromatic rings. The van der Waals surface area contributed by atoms with Crippen LogP contribution in [0.5, 0.6) is 0 Å². The van der Waals surface area contributed by atoms with E-state index in [-0.39, 0.29) is 0 Å². The highest BCUT2D eigenvalue weighted by Gasteiger charge is 2.27. The van der Waals surface area contributed by atoms with Crippen LogP contribution in [-0.4, -0.2) is 8.80 Å². The maximum atomic E-state index is 2.55. The largest absolute Gasteiger partial charge is 0.314 e. The molecule has 0 amide bonds. The van der Waals surface area contributed by atoms with Crippen molar-refractivity contribution in [3.63, 3.8) is 0 Å². The van der Waals surface area contributed by atoms with Gasteiger partial charge in [-0.25, -0.2) is 0 Å². The lowest BCUT2D eigenvalue weighted by Crippen LogP contribution is -2.17. The van der Waals surface area contributed by atoms with Crippen LogP contribution in [0.15, 0.2) is 170 Å². The Bertz CT molecular complexity index is 3230. The van der Waals surface area contributed by atoms with Gasteiger partial charge < -0.3 is 13.7 Å². The molecule has 51 heavy (non-hydrogen) atoms. The van der Waals surface area contributed by atoms with Crippen LogP contribution in [0.25, 0.3) is 87.3 Å². The molecular weight excluding hydrogens is 619 g/mol. The summed E-state index contributed by atoms with van der Waals surface area (Å²) in [5.41, 5.74) is 13.9. The molecule has 0 unspecified atom stereocenters. The predicted octanol–water partition coefficient (Wildman–Crippen LogP) is 13.0. The van der Waals surface area contributed by atoms with E-state index in [0.717, 1.165) is 12.8 Å². The first-order chi connectivity index (χ1) is 25.3. The zero-order chi connectivity index (χ0) is 33.2. The van der Waals surface area contributed by atoms with Crippen LogP contribution in [0.2, 0.25) is 0 Å². The second-order valence-electron chi connectivity index (χ2n) is 14.0. The molecule has 1 aliphatic carbocycles. The molecule has 0 atom stereocenters. The third-order valence-corrected chi connectivity index (χ3v) is 11.4. The van der Waals surface area contributed by atoms with E-state index in [4.69, 9.17) is 0 Å². The maximum Gasteiger partial charge on any atom is 0.0628 e. The van der Waals surface area contributed by atoms with E-state index in [9.17, 15) is 0 Å². The minimum atomic E-state index is 1.01. The lowest BCUT2D eigenvalue weighted by atomic mass is 9.96. The van der Waals surface area contributed by atoms with Gasteiger partial charge >= 0.3 is 0 Å². The Morgan fingerprint density at radius 1 is 0.451 bits per heavy atom. The number of fused-ring (bicyclic) bond motifs is 13. The number of hydrogen-bond donors (Lipinski definition) is 0. The van der Waals surface area contributed by atoms with Gasteiger partial charge in [-0.15, -0.1) is 0 Å². The molecule has 0 bridgehead atoms. The predicted molar refractivity (Wildman–Crippen MR) is 216 cm³/mol. The van der Waals surface area contributed by atoms with E-state index in [1.165, 1.54) is 104 Å². The van der Waals surface area contributed by atoms with Crippen molar-refractivity contribution in [1.82, 2.24) is 8.80 Å². The Balaban J connectivity index is 1.24. The number of anilines is 2. The molecule has 3 heteroatoms. The summed E-state index contributed by atoms with van der Waals surface area (Å²) in [6, 6.07) is 53.9. The molecule has 4 aromatic heterocycles. The van der Waals surface area contributed by atoms with Crippen molar-refractivity contribution in [2.45, 2.75) is 12.8 Å². The smallest absolute Gasteiger partial charge is 0.0628 e. The summed E-state index contributed by atoms with van der Waals surface area (Å²) in [6.07, 6.45) is 8.79. The van der Waals surface area contributed by atoms with Crippen LogP contribution >= 0.6 is 0 Å². The molecule has 0 aliphatic heterocycles. The topological polar surface area (TPSA) is 12.1 Å². The molecule has 12 rings (SSSR count). The van der Waals surface area contributed by atoms with Crippen molar-refractivity contribution in [3.8, 4) is 11.1 Å². The highest BCUT2D eigenvalue weighted by Crippen LogP contribution is 2.50. The van der Waals surface area contributed by atoms with Crippen LogP contribution < -0.4 is 4.90 Å². The number of aromatic nitrogens is 2. The molecular formula is C48H31N3. The van der Waals surface area contributed by atoms with Crippen LogP contribution in [0.1, 0.15) is 12.8 Å². The Kier molecular flexibility index (Phi) is 5.34. The molecule has 7 aromatic carbocycles. The fourth-order valence-electron chi connectivity index (χ4n) is 9.37. The van der Waals surface area contributed by atoms with Gasteiger partial charge in [0.2, 0.25) is 0 Å². The van der Waals surface area contributed by atoms with Gasteiger partial charge in [-0.3, -0.25) is 0 Å². The van der Waals surface area contributed by atoms with Gasteiger partial charge in [-0.05, 0) is 72.5 Å². The van der Waals surface area contributed by atoms with Crippen molar-refractivity contribution < 1.29 is 0 Å². The molecule has 0 saturated carbocycles. The van der Waals surface area contributed by atoms with E-state index in [2.05, 4.69) is 178 Å². The van der Waals surface area contributed by atoms with Crippen LogP contribution in [-0.2, 0) is 0 Å². The lowest BCUT2D eigenvalue weighted by Gasteiger charge is -2.29. The quantitative estimate of drug-likeness (QED) is 0.185. The van der Waals surface area contributed by atoms with Gasteiger partial charge in [0.25, 0.3) is 0 Å².